The SMILES string of the molecule is CCC1OC(Oc2ccc3sc(C4(OC)OOC45C4CC6CC(C4)CC5C6)cc3c2)C(O)C(O)C1O. The van der Waals surface area contributed by atoms with Gasteiger partial charge < -0.3 is 29.5 Å². The predicted octanol–water partition coefficient (Wildman–Crippen LogP) is 3.45. The number of fused-ring (bicyclic) bond motifs is 1. The summed E-state index contributed by atoms with van der Waals surface area (Å²) in [5.41, 5.74) is -0.429. The Labute approximate surface area is 214 Å². The van der Waals surface area contributed by atoms with Crippen LogP contribution >= 0.6 is 11.3 Å². The highest BCUT2D eigenvalue weighted by Gasteiger charge is 2.77. The van der Waals surface area contributed by atoms with Crippen LogP contribution in [0.4, 0.5) is 0 Å². The van der Waals surface area contributed by atoms with Crippen molar-refractivity contribution in [2.75, 3.05) is 7.11 Å². The van der Waals surface area contributed by atoms with Crippen LogP contribution in [0.2, 0.25) is 0 Å². The van der Waals surface area contributed by atoms with Crippen molar-refractivity contribution >= 4 is 21.4 Å². The first-order valence-electron chi connectivity index (χ1n) is 13.2. The van der Waals surface area contributed by atoms with E-state index in [4.69, 9.17) is 24.0 Å². The third-order valence-electron chi connectivity index (χ3n) is 9.59. The van der Waals surface area contributed by atoms with Gasteiger partial charge in [-0.2, -0.15) is 4.89 Å². The summed E-state index contributed by atoms with van der Waals surface area (Å²) < 4.78 is 19.0. The molecule has 0 amide bonds. The highest BCUT2D eigenvalue weighted by Crippen LogP contribution is 2.70. The van der Waals surface area contributed by atoms with Gasteiger partial charge in [-0.25, -0.2) is 4.89 Å². The number of hydrogen-bond donors (Lipinski definition) is 3. The van der Waals surface area contributed by atoms with Crippen LogP contribution in [0.5, 0.6) is 5.75 Å². The third kappa shape index (κ3) is 3.12. The maximum atomic E-state index is 10.4. The van der Waals surface area contributed by atoms with Gasteiger partial charge >= 0.3 is 0 Å². The minimum atomic E-state index is -1.36. The molecular formula is C27H34O8S. The van der Waals surface area contributed by atoms with Gasteiger partial charge in [0.2, 0.25) is 6.29 Å². The monoisotopic (exact) mass is 518 g/mol. The smallest absolute Gasteiger partial charge is 0.269 e. The molecule has 3 heterocycles. The standard InChI is InChI=1S/C27H34O8S/c1-3-19-22(28)23(29)24(30)25(33-19)32-18-4-5-20-15(11-18)12-21(36-20)27(31-2)26(34-35-27)16-7-13-6-14(9-16)10-17(26)8-13/h4-5,11-14,16-17,19,22-25,28-30H,3,6-10H2,1-2H3. The molecule has 2 saturated heterocycles. The fourth-order valence-electron chi connectivity index (χ4n) is 8.04. The van der Waals surface area contributed by atoms with Crippen LogP contribution in [0.1, 0.15) is 50.3 Å². The van der Waals surface area contributed by atoms with Gasteiger partial charge in [0.25, 0.3) is 5.79 Å². The molecule has 3 N–H and O–H groups in total. The number of methoxy groups -OCH3 is 1. The molecule has 2 aromatic rings. The summed E-state index contributed by atoms with van der Waals surface area (Å²) in [6.45, 7) is 1.85. The number of ether oxygens (including phenoxy) is 3. The second-order valence-corrected chi connectivity index (χ2v) is 12.5. The molecule has 6 aliphatic rings. The van der Waals surface area contributed by atoms with Gasteiger partial charge in [0.1, 0.15) is 24.1 Å². The van der Waals surface area contributed by atoms with E-state index in [1.807, 2.05) is 25.1 Å². The molecule has 4 aliphatic carbocycles. The average Bonchev–Trinajstić information content (AvgIpc) is 3.27. The first kappa shape index (κ1) is 23.8. The number of aliphatic hydroxyl groups excluding tert-OH is 3. The lowest BCUT2D eigenvalue weighted by molar-refractivity contribution is -0.644. The summed E-state index contributed by atoms with van der Waals surface area (Å²) >= 11 is 1.64. The summed E-state index contributed by atoms with van der Waals surface area (Å²) in [7, 11) is 1.72. The van der Waals surface area contributed by atoms with Crippen molar-refractivity contribution in [1.82, 2.24) is 0 Å². The molecule has 196 valence electrons. The lowest BCUT2D eigenvalue weighted by Gasteiger charge is -2.68. The van der Waals surface area contributed by atoms with Gasteiger partial charge in [-0.15, -0.1) is 11.3 Å². The van der Waals surface area contributed by atoms with Gasteiger partial charge in [-0.1, -0.05) is 6.92 Å². The zero-order valence-electron chi connectivity index (χ0n) is 20.5. The van der Waals surface area contributed by atoms with Crippen LogP contribution in [0.15, 0.2) is 24.3 Å². The van der Waals surface area contributed by atoms with Gasteiger partial charge in [0, 0.05) is 11.8 Å². The number of benzene rings is 1. The lowest BCUT2D eigenvalue weighted by Crippen LogP contribution is -2.76. The molecule has 36 heavy (non-hydrogen) atoms. The van der Waals surface area contributed by atoms with E-state index in [9.17, 15) is 15.3 Å². The average molecular weight is 519 g/mol. The number of aliphatic hydroxyl groups is 3. The molecule has 8 nitrogen and oxygen atoms in total. The number of hydrogen-bond acceptors (Lipinski definition) is 9. The molecule has 0 radical (unpaired) electrons. The normalized spacial score (nSPS) is 47.4. The first-order chi connectivity index (χ1) is 17.4. The number of rotatable bonds is 5. The Morgan fingerprint density at radius 1 is 0.944 bits per heavy atom. The second kappa shape index (κ2) is 8.35. The Balaban J connectivity index is 1.18. The van der Waals surface area contributed by atoms with E-state index in [0.717, 1.165) is 26.8 Å². The quantitative estimate of drug-likeness (QED) is 0.517. The highest BCUT2D eigenvalue weighted by atomic mass is 32.1. The zero-order chi connectivity index (χ0) is 24.8. The van der Waals surface area contributed by atoms with Crippen LogP contribution in [-0.2, 0) is 25.0 Å². The fourth-order valence-corrected chi connectivity index (χ4v) is 9.25. The van der Waals surface area contributed by atoms with Crippen molar-refractivity contribution in [3.8, 4) is 5.75 Å². The maximum Gasteiger partial charge on any atom is 0.269 e. The zero-order valence-corrected chi connectivity index (χ0v) is 21.4. The Morgan fingerprint density at radius 2 is 1.67 bits per heavy atom. The largest absolute Gasteiger partial charge is 0.462 e. The van der Waals surface area contributed by atoms with E-state index in [-0.39, 0.29) is 0 Å². The van der Waals surface area contributed by atoms with Crippen molar-refractivity contribution in [1.29, 1.82) is 0 Å². The highest BCUT2D eigenvalue weighted by molar-refractivity contribution is 7.19. The van der Waals surface area contributed by atoms with E-state index < -0.39 is 42.1 Å². The molecular weight excluding hydrogens is 484 g/mol. The minimum Gasteiger partial charge on any atom is -0.462 e. The fraction of sp³-hybridized carbons (Fsp3) is 0.704. The Kier molecular flexibility index (Phi) is 5.52. The van der Waals surface area contributed by atoms with Crippen molar-refractivity contribution in [3.63, 3.8) is 0 Å². The molecule has 1 aromatic carbocycles. The molecule has 1 aromatic heterocycles. The maximum absolute atomic E-state index is 10.4. The van der Waals surface area contributed by atoms with E-state index in [1.165, 1.54) is 32.1 Å². The third-order valence-corrected chi connectivity index (χ3v) is 10.8. The summed E-state index contributed by atoms with van der Waals surface area (Å²) in [6.07, 6.45) is 1.08. The molecule has 6 atom stereocenters. The summed E-state index contributed by atoms with van der Waals surface area (Å²) in [5.74, 6) is 2.12. The summed E-state index contributed by atoms with van der Waals surface area (Å²) in [4.78, 5) is 13.0. The van der Waals surface area contributed by atoms with E-state index in [2.05, 4.69) is 6.07 Å². The van der Waals surface area contributed by atoms with Crippen LogP contribution in [0, 0.1) is 23.7 Å². The molecule has 4 bridgehead atoms. The predicted molar refractivity (Wildman–Crippen MR) is 130 cm³/mol. The van der Waals surface area contributed by atoms with Gasteiger partial charge in [0.05, 0.1) is 11.0 Å². The van der Waals surface area contributed by atoms with Crippen LogP contribution in [0.25, 0.3) is 10.1 Å². The summed E-state index contributed by atoms with van der Waals surface area (Å²) in [5, 5.41) is 31.7. The van der Waals surface area contributed by atoms with E-state index in [1.54, 1.807) is 18.4 Å². The molecule has 2 aliphatic heterocycles. The molecule has 8 rings (SSSR count). The number of thiophene rings is 1. The van der Waals surface area contributed by atoms with Crippen LogP contribution in [0.3, 0.4) is 0 Å². The molecule has 4 saturated carbocycles. The Bertz CT molecular complexity index is 1120. The lowest BCUT2D eigenvalue weighted by atomic mass is 9.47. The van der Waals surface area contributed by atoms with Gasteiger partial charge in [0.15, 0.2) is 5.60 Å². The van der Waals surface area contributed by atoms with Crippen molar-refractivity contribution < 1.29 is 39.3 Å². The van der Waals surface area contributed by atoms with Crippen LogP contribution < -0.4 is 4.74 Å². The topological polar surface area (TPSA) is 107 Å². The summed E-state index contributed by atoms with van der Waals surface area (Å²) in [6, 6.07) is 7.80. The van der Waals surface area contributed by atoms with Gasteiger partial charge in [-0.3, -0.25) is 0 Å². The Hall–Kier alpha value is -1.30. The minimum absolute atomic E-state index is 0.429. The molecule has 6 fully saturated rings. The molecule has 9 heteroatoms. The first-order valence-corrected chi connectivity index (χ1v) is 14.0. The molecule has 6 unspecified atom stereocenters. The van der Waals surface area contributed by atoms with Gasteiger partial charge in [-0.05, 0) is 91.8 Å². The van der Waals surface area contributed by atoms with Crippen LogP contribution in [-0.4, -0.2) is 58.7 Å². The second-order valence-electron chi connectivity index (χ2n) is 11.4. The Morgan fingerprint density at radius 3 is 2.28 bits per heavy atom. The van der Waals surface area contributed by atoms with E-state index >= 15 is 0 Å². The van der Waals surface area contributed by atoms with Crippen molar-refractivity contribution in [2.24, 2.45) is 23.7 Å². The van der Waals surface area contributed by atoms with E-state index in [0.29, 0.717) is 24.0 Å². The van der Waals surface area contributed by atoms with Crippen molar-refractivity contribution in [3.05, 3.63) is 29.1 Å². The van der Waals surface area contributed by atoms with Crippen molar-refractivity contribution in [2.45, 2.75) is 87.5 Å². The molecule has 1 spiro atoms.